The van der Waals surface area contributed by atoms with Crippen molar-refractivity contribution in [2.24, 2.45) is 5.73 Å². The van der Waals surface area contributed by atoms with Crippen molar-refractivity contribution in [3.05, 3.63) is 0 Å². The minimum absolute atomic E-state index is 0.262. The molecule has 0 spiro atoms. The molecular weight excluding hydrogens is 125 g/mol. The lowest BCUT2D eigenvalue weighted by Crippen LogP contribution is -2.24. The first-order chi connectivity index (χ1) is 3.62. The predicted molar refractivity (Wildman–Crippen MR) is 30.8 cm³/mol. The van der Waals surface area contributed by atoms with E-state index in [2.05, 4.69) is 0 Å². The van der Waals surface area contributed by atoms with Gasteiger partial charge in [-0.1, -0.05) is 0 Å². The molecule has 0 aromatic heterocycles. The smallest absolute Gasteiger partial charge is 0.321 e. The fourth-order valence-corrected chi connectivity index (χ4v) is 1.44. The third-order valence-corrected chi connectivity index (χ3v) is 2.24. The van der Waals surface area contributed by atoms with Gasteiger partial charge in [-0.15, -0.1) is 0 Å². The molecule has 0 radical (unpaired) electrons. The van der Waals surface area contributed by atoms with Crippen LogP contribution in [0.2, 0.25) is 0 Å². The van der Waals surface area contributed by atoms with E-state index < -0.39 is 8.03 Å². The zero-order chi connectivity index (χ0) is 6.20. The Balaban J connectivity index is 2.29. The highest BCUT2D eigenvalue weighted by Gasteiger charge is 2.45. The second kappa shape index (κ2) is 1.76. The molecule has 0 aromatic rings. The van der Waals surface area contributed by atoms with Crippen LogP contribution in [0, 0.1) is 0 Å². The predicted octanol–water partition coefficient (Wildman–Crippen LogP) is 0.212. The Morgan fingerprint density at radius 1 is 1.75 bits per heavy atom. The largest absolute Gasteiger partial charge is 0.507 e. The van der Waals surface area contributed by atoms with Crippen molar-refractivity contribution in [2.75, 3.05) is 6.16 Å². The van der Waals surface area contributed by atoms with E-state index in [1.165, 1.54) is 0 Å². The molecule has 1 fully saturated rings. The summed E-state index contributed by atoms with van der Waals surface area (Å²) < 4.78 is 10.1. The maximum Gasteiger partial charge on any atom is 0.507 e. The number of hydrogen-bond donors (Lipinski definition) is 2. The van der Waals surface area contributed by atoms with Gasteiger partial charge in [0.1, 0.15) is 0 Å². The van der Waals surface area contributed by atoms with Crippen molar-refractivity contribution in [2.45, 2.75) is 18.4 Å². The Hall–Kier alpha value is 0.0200. The average molecular weight is 134 g/mol. The van der Waals surface area contributed by atoms with Gasteiger partial charge in [0.25, 0.3) is 0 Å². The van der Waals surface area contributed by atoms with Crippen LogP contribution in [0.25, 0.3) is 0 Å². The van der Waals surface area contributed by atoms with Crippen LogP contribution in [0.3, 0.4) is 0 Å². The van der Waals surface area contributed by atoms with E-state index in [1.54, 1.807) is 0 Å². The van der Waals surface area contributed by atoms with Gasteiger partial charge in [0.2, 0.25) is 0 Å². The van der Waals surface area contributed by atoms with Crippen LogP contribution in [0.1, 0.15) is 12.8 Å². The molecule has 0 saturated heterocycles. The highest BCUT2D eigenvalue weighted by atomic mass is 31.1. The molecule has 4 heteroatoms. The number of rotatable bonds is 2. The van der Waals surface area contributed by atoms with Gasteiger partial charge >= 0.3 is 8.03 Å². The van der Waals surface area contributed by atoms with Crippen LogP contribution in [0.5, 0.6) is 0 Å². The fourth-order valence-electron chi connectivity index (χ4n) is 0.588. The Bertz CT molecular complexity index is 121. The van der Waals surface area contributed by atoms with E-state index in [0.717, 1.165) is 12.8 Å². The first-order valence-corrected chi connectivity index (χ1v) is 3.95. The average Bonchev–Trinajstić information content (AvgIpc) is 2.17. The minimum atomic E-state index is -2.00. The summed E-state index contributed by atoms with van der Waals surface area (Å²) in [5, 5.41) is 0. The van der Waals surface area contributed by atoms with Crippen molar-refractivity contribution in [1.29, 1.82) is 0 Å². The summed E-state index contributed by atoms with van der Waals surface area (Å²) in [6, 6.07) is 0. The Labute approximate surface area is 48.8 Å². The molecule has 8 heavy (non-hydrogen) atoms. The topological polar surface area (TPSA) is 63.3 Å². The molecule has 1 aliphatic carbocycles. The van der Waals surface area contributed by atoms with Crippen LogP contribution >= 0.6 is 8.03 Å². The molecular formula is C4H9NO2P+. The molecule has 0 amide bonds. The van der Waals surface area contributed by atoms with Gasteiger partial charge in [-0.25, -0.2) is 0 Å². The lowest BCUT2D eigenvalue weighted by Gasteiger charge is -1.92. The Kier molecular flexibility index (Phi) is 1.35. The molecule has 3 N–H and O–H groups in total. The summed E-state index contributed by atoms with van der Waals surface area (Å²) in [6.45, 7) is 0. The standard InChI is InChI=1S/C4H8NO2P/c5-4(1-2-4)3-8(6)7/h1-3,5H2/p+1. The maximum atomic E-state index is 10.1. The second-order valence-electron chi connectivity index (χ2n) is 2.37. The zero-order valence-corrected chi connectivity index (χ0v) is 5.40. The van der Waals surface area contributed by atoms with Crippen LogP contribution < -0.4 is 5.73 Å². The normalized spacial score (nSPS) is 25.0. The lowest BCUT2D eigenvalue weighted by molar-refractivity contribution is 0.496. The van der Waals surface area contributed by atoms with Crippen LogP contribution in [-0.4, -0.2) is 16.6 Å². The van der Waals surface area contributed by atoms with E-state index in [4.69, 9.17) is 10.6 Å². The minimum Gasteiger partial charge on any atom is -0.321 e. The Morgan fingerprint density at radius 2 is 2.25 bits per heavy atom. The third-order valence-electron chi connectivity index (χ3n) is 1.34. The molecule has 1 unspecified atom stereocenters. The molecule has 3 nitrogen and oxygen atoms in total. The van der Waals surface area contributed by atoms with Gasteiger partial charge in [0, 0.05) is 0 Å². The van der Waals surface area contributed by atoms with Crippen molar-refractivity contribution in [3.63, 3.8) is 0 Å². The lowest BCUT2D eigenvalue weighted by atomic mass is 10.4. The van der Waals surface area contributed by atoms with Gasteiger partial charge in [-0.2, -0.15) is 4.89 Å². The summed E-state index contributed by atoms with van der Waals surface area (Å²) in [7, 11) is -2.00. The van der Waals surface area contributed by atoms with Crippen molar-refractivity contribution < 1.29 is 9.46 Å². The molecule has 1 saturated carbocycles. The third kappa shape index (κ3) is 1.51. The number of nitrogens with two attached hydrogens (primary N) is 1. The summed E-state index contributed by atoms with van der Waals surface area (Å²) in [6.07, 6.45) is 2.10. The zero-order valence-electron chi connectivity index (χ0n) is 4.50. The van der Waals surface area contributed by atoms with Gasteiger partial charge in [0.05, 0.1) is 5.54 Å². The van der Waals surface area contributed by atoms with Gasteiger partial charge in [0.15, 0.2) is 6.16 Å². The summed E-state index contributed by atoms with van der Waals surface area (Å²) in [5.74, 6) is 0. The first-order valence-electron chi connectivity index (χ1n) is 2.55. The van der Waals surface area contributed by atoms with E-state index in [0.29, 0.717) is 0 Å². The molecule has 0 bridgehead atoms. The fraction of sp³-hybridized carbons (Fsp3) is 1.00. The summed E-state index contributed by atoms with van der Waals surface area (Å²) in [5.41, 5.74) is 5.24. The molecule has 0 aromatic carbocycles. The van der Waals surface area contributed by atoms with Gasteiger partial charge in [-0.3, -0.25) is 0 Å². The van der Waals surface area contributed by atoms with E-state index in [-0.39, 0.29) is 11.7 Å². The SMILES string of the molecule is NC1(C[P+](=O)O)CC1. The maximum absolute atomic E-state index is 10.1. The second-order valence-corrected chi connectivity index (χ2v) is 3.39. The molecule has 1 atom stereocenters. The van der Waals surface area contributed by atoms with E-state index >= 15 is 0 Å². The van der Waals surface area contributed by atoms with Crippen molar-refractivity contribution in [3.8, 4) is 0 Å². The number of hydrogen-bond acceptors (Lipinski definition) is 2. The van der Waals surface area contributed by atoms with E-state index in [1.807, 2.05) is 0 Å². The molecule has 1 rings (SSSR count). The highest BCUT2D eigenvalue weighted by Crippen LogP contribution is 2.38. The monoisotopic (exact) mass is 134 g/mol. The van der Waals surface area contributed by atoms with Gasteiger partial charge in [-0.05, 0) is 17.4 Å². The van der Waals surface area contributed by atoms with Crippen LogP contribution in [0.4, 0.5) is 0 Å². The van der Waals surface area contributed by atoms with Crippen LogP contribution in [0.15, 0.2) is 0 Å². The summed E-state index contributed by atoms with van der Waals surface area (Å²) in [4.78, 5) is 8.36. The van der Waals surface area contributed by atoms with Crippen molar-refractivity contribution in [1.82, 2.24) is 0 Å². The quantitative estimate of drug-likeness (QED) is 0.530. The van der Waals surface area contributed by atoms with Crippen molar-refractivity contribution >= 4 is 8.03 Å². The molecule has 0 heterocycles. The van der Waals surface area contributed by atoms with E-state index in [9.17, 15) is 4.57 Å². The summed E-state index contributed by atoms with van der Waals surface area (Å²) >= 11 is 0. The van der Waals surface area contributed by atoms with Gasteiger partial charge < -0.3 is 5.73 Å². The molecule has 1 aliphatic rings. The molecule has 46 valence electrons. The Morgan fingerprint density at radius 3 is 2.38 bits per heavy atom. The highest BCUT2D eigenvalue weighted by molar-refractivity contribution is 7.38. The van der Waals surface area contributed by atoms with Crippen LogP contribution in [-0.2, 0) is 4.57 Å². The molecule has 0 aliphatic heterocycles. The first kappa shape index (κ1) is 6.14.